The molecule has 5 heteroatoms. The number of amides is 1. The lowest BCUT2D eigenvalue weighted by atomic mass is 10.1. The smallest absolute Gasteiger partial charge is 0.251 e. The summed E-state index contributed by atoms with van der Waals surface area (Å²) in [6, 6.07) is 7.77. The monoisotopic (exact) mass is 245 g/mol. The number of rotatable bonds is 3. The summed E-state index contributed by atoms with van der Waals surface area (Å²) in [5.41, 5.74) is 1.55. The normalized spacial score (nSPS) is 10.1. The average molecular weight is 245 g/mol. The van der Waals surface area contributed by atoms with E-state index in [1.54, 1.807) is 25.3 Å². The van der Waals surface area contributed by atoms with Crippen LogP contribution in [0.4, 0.5) is 4.39 Å². The second-order valence-electron chi connectivity index (χ2n) is 3.86. The van der Waals surface area contributed by atoms with Gasteiger partial charge in [0, 0.05) is 11.8 Å². The van der Waals surface area contributed by atoms with Crippen molar-refractivity contribution >= 4 is 5.91 Å². The van der Waals surface area contributed by atoms with Gasteiger partial charge < -0.3 is 5.32 Å². The Balaban J connectivity index is 2.02. The third-order valence-corrected chi connectivity index (χ3v) is 2.48. The highest BCUT2D eigenvalue weighted by molar-refractivity contribution is 5.94. The molecule has 0 bridgehead atoms. The number of benzene rings is 1. The Morgan fingerprint density at radius 3 is 2.89 bits per heavy atom. The summed E-state index contributed by atoms with van der Waals surface area (Å²) in [5, 5.41) is 10.3. The van der Waals surface area contributed by atoms with Gasteiger partial charge in [-0.25, -0.2) is 4.39 Å². The van der Waals surface area contributed by atoms with Crippen LogP contribution in [0, 0.1) is 12.7 Å². The molecule has 4 nitrogen and oxygen atoms in total. The number of aryl methyl sites for hydroxylation is 1. The standard InChI is InChI=1S/C13H12FN3O/c1-9-7-10(4-5-12(9)14)13(18)15-8-11-3-2-6-16-17-11/h2-7H,8H2,1H3,(H,15,18). The van der Waals surface area contributed by atoms with E-state index in [4.69, 9.17) is 0 Å². The zero-order valence-electron chi connectivity index (χ0n) is 9.85. The second kappa shape index (κ2) is 5.35. The number of nitrogens with zero attached hydrogens (tertiary/aromatic N) is 2. The van der Waals surface area contributed by atoms with Gasteiger partial charge in [-0.05, 0) is 42.8 Å². The zero-order valence-corrected chi connectivity index (χ0v) is 9.85. The molecule has 2 rings (SSSR count). The lowest BCUT2D eigenvalue weighted by Crippen LogP contribution is -2.23. The van der Waals surface area contributed by atoms with E-state index >= 15 is 0 Å². The molecule has 0 unspecified atom stereocenters. The van der Waals surface area contributed by atoms with Gasteiger partial charge in [0.2, 0.25) is 0 Å². The highest BCUT2D eigenvalue weighted by atomic mass is 19.1. The molecule has 2 aromatic rings. The minimum atomic E-state index is -0.319. The van der Waals surface area contributed by atoms with Crippen molar-refractivity contribution in [2.75, 3.05) is 0 Å². The fourth-order valence-corrected chi connectivity index (χ4v) is 1.49. The summed E-state index contributed by atoms with van der Waals surface area (Å²) in [4.78, 5) is 11.8. The Kier molecular flexibility index (Phi) is 3.62. The molecule has 0 aliphatic rings. The van der Waals surface area contributed by atoms with Crippen LogP contribution in [0.2, 0.25) is 0 Å². The maximum absolute atomic E-state index is 13.1. The molecule has 0 atom stereocenters. The van der Waals surface area contributed by atoms with Crippen molar-refractivity contribution in [1.29, 1.82) is 0 Å². The first kappa shape index (κ1) is 12.2. The number of halogens is 1. The minimum absolute atomic E-state index is 0.260. The van der Waals surface area contributed by atoms with Crippen molar-refractivity contribution in [1.82, 2.24) is 15.5 Å². The molecule has 0 aliphatic heterocycles. The van der Waals surface area contributed by atoms with E-state index in [1.165, 1.54) is 18.2 Å². The fourth-order valence-electron chi connectivity index (χ4n) is 1.49. The lowest BCUT2D eigenvalue weighted by Gasteiger charge is -2.05. The molecule has 1 aromatic heterocycles. The van der Waals surface area contributed by atoms with Crippen LogP contribution in [-0.2, 0) is 6.54 Å². The molecule has 0 spiro atoms. The van der Waals surface area contributed by atoms with Crippen LogP contribution in [0.1, 0.15) is 21.6 Å². The maximum atomic E-state index is 13.1. The molecule has 0 saturated heterocycles. The van der Waals surface area contributed by atoms with Crippen molar-refractivity contribution in [3.05, 3.63) is 59.2 Å². The summed E-state index contributed by atoms with van der Waals surface area (Å²) in [6.07, 6.45) is 1.56. The Hall–Kier alpha value is -2.30. The van der Waals surface area contributed by atoms with Crippen molar-refractivity contribution in [2.24, 2.45) is 0 Å². The molecule has 1 N–H and O–H groups in total. The van der Waals surface area contributed by atoms with Crippen molar-refractivity contribution in [3.63, 3.8) is 0 Å². The fraction of sp³-hybridized carbons (Fsp3) is 0.154. The van der Waals surface area contributed by atoms with Gasteiger partial charge in [0.05, 0.1) is 12.2 Å². The van der Waals surface area contributed by atoms with E-state index in [1.807, 2.05) is 0 Å². The molecule has 18 heavy (non-hydrogen) atoms. The van der Waals surface area contributed by atoms with Crippen molar-refractivity contribution < 1.29 is 9.18 Å². The first-order valence-electron chi connectivity index (χ1n) is 5.48. The SMILES string of the molecule is Cc1cc(C(=O)NCc2cccnn2)ccc1F. The molecule has 0 aliphatic carbocycles. The summed E-state index contributed by atoms with van der Waals surface area (Å²) < 4.78 is 13.1. The van der Waals surface area contributed by atoms with E-state index in [2.05, 4.69) is 15.5 Å². The van der Waals surface area contributed by atoms with Crippen molar-refractivity contribution in [2.45, 2.75) is 13.5 Å². The number of nitrogens with one attached hydrogen (secondary N) is 1. The topological polar surface area (TPSA) is 54.9 Å². The summed E-state index contributed by atoms with van der Waals surface area (Å²) in [5.74, 6) is -0.579. The number of aromatic nitrogens is 2. The zero-order chi connectivity index (χ0) is 13.0. The van der Waals surface area contributed by atoms with Gasteiger partial charge in [0.1, 0.15) is 5.82 Å². The van der Waals surface area contributed by atoms with Crippen LogP contribution in [0.15, 0.2) is 36.5 Å². The van der Waals surface area contributed by atoms with E-state index < -0.39 is 0 Å². The van der Waals surface area contributed by atoms with Crippen LogP contribution >= 0.6 is 0 Å². The van der Waals surface area contributed by atoms with Gasteiger partial charge in [-0.1, -0.05) is 0 Å². The Morgan fingerprint density at radius 2 is 2.22 bits per heavy atom. The van der Waals surface area contributed by atoms with Gasteiger partial charge >= 0.3 is 0 Å². The van der Waals surface area contributed by atoms with Crippen molar-refractivity contribution in [3.8, 4) is 0 Å². The average Bonchev–Trinajstić information content (AvgIpc) is 2.40. The number of hydrogen-bond acceptors (Lipinski definition) is 3. The predicted molar refractivity (Wildman–Crippen MR) is 64.3 cm³/mol. The van der Waals surface area contributed by atoms with Gasteiger partial charge in [0.15, 0.2) is 0 Å². The molecule has 1 heterocycles. The van der Waals surface area contributed by atoms with Gasteiger partial charge in [-0.3, -0.25) is 4.79 Å². The van der Waals surface area contributed by atoms with E-state index in [0.29, 0.717) is 23.4 Å². The Morgan fingerprint density at radius 1 is 1.39 bits per heavy atom. The molecule has 92 valence electrons. The van der Waals surface area contributed by atoms with Gasteiger partial charge in [0.25, 0.3) is 5.91 Å². The lowest BCUT2D eigenvalue weighted by molar-refractivity contribution is 0.0950. The molecule has 0 radical (unpaired) electrons. The predicted octanol–water partition coefficient (Wildman–Crippen LogP) is 1.85. The maximum Gasteiger partial charge on any atom is 0.251 e. The first-order chi connectivity index (χ1) is 8.66. The molecule has 0 saturated carbocycles. The number of carbonyl (C=O) groups excluding carboxylic acids is 1. The molecule has 1 aromatic carbocycles. The van der Waals surface area contributed by atoms with Gasteiger partial charge in [-0.15, -0.1) is 0 Å². The van der Waals surface area contributed by atoms with Crippen LogP contribution in [0.5, 0.6) is 0 Å². The van der Waals surface area contributed by atoms with E-state index in [-0.39, 0.29) is 11.7 Å². The van der Waals surface area contributed by atoms with Gasteiger partial charge in [-0.2, -0.15) is 10.2 Å². The Labute approximate surface area is 104 Å². The quantitative estimate of drug-likeness (QED) is 0.897. The largest absolute Gasteiger partial charge is 0.346 e. The Bertz CT molecular complexity index is 557. The highest BCUT2D eigenvalue weighted by Gasteiger charge is 2.07. The molecular weight excluding hydrogens is 233 g/mol. The molecular formula is C13H12FN3O. The highest BCUT2D eigenvalue weighted by Crippen LogP contribution is 2.09. The summed E-state index contributed by atoms with van der Waals surface area (Å²) in [7, 11) is 0. The van der Waals surface area contributed by atoms with E-state index in [0.717, 1.165) is 0 Å². The molecule has 0 fully saturated rings. The van der Waals surface area contributed by atoms with E-state index in [9.17, 15) is 9.18 Å². The molecule has 1 amide bonds. The van der Waals surface area contributed by atoms with Crippen LogP contribution in [0.25, 0.3) is 0 Å². The second-order valence-corrected chi connectivity index (χ2v) is 3.86. The first-order valence-corrected chi connectivity index (χ1v) is 5.48. The number of hydrogen-bond donors (Lipinski definition) is 1. The minimum Gasteiger partial charge on any atom is -0.346 e. The summed E-state index contributed by atoms with van der Waals surface area (Å²) in [6.45, 7) is 1.91. The third-order valence-electron chi connectivity index (χ3n) is 2.48. The number of carbonyl (C=O) groups is 1. The summed E-state index contributed by atoms with van der Waals surface area (Å²) >= 11 is 0. The van der Waals surface area contributed by atoms with Crippen LogP contribution in [0.3, 0.4) is 0 Å². The third kappa shape index (κ3) is 2.88. The van der Waals surface area contributed by atoms with Crippen LogP contribution in [-0.4, -0.2) is 16.1 Å². The van der Waals surface area contributed by atoms with Crippen LogP contribution < -0.4 is 5.32 Å².